The first-order chi connectivity index (χ1) is 14.2. The number of guanidine groups is 1. The maximum Gasteiger partial charge on any atom is 0.222 e. The molecule has 2 saturated heterocycles. The molecule has 1 aromatic rings. The zero-order valence-corrected chi connectivity index (χ0v) is 17.3. The number of nitrogens with zero attached hydrogens (tertiary/aromatic N) is 3. The van der Waals surface area contributed by atoms with Gasteiger partial charge < -0.3 is 25.2 Å². The Morgan fingerprint density at radius 2 is 2.07 bits per heavy atom. The first kappa shape index (κ1) is 21.4. The molecule has 29 heavy (non-hydrogen) atoms. The second-order valence-electron chi connectivity index (χ2n) is 7.35. The standard InChI is InChI=1S/C21H32FN5O2/c1-2-23-21(24-8-4-10-27-9-3-5-20(27)28)25-16-17-6-7-19(18(22)15-17)26-11-13-29-14-12-26/h6-7,15H,2-5,8-14,16H2,1H3,(H2,23,24,25). The van der Waals surface area contributed by atoms with Crippen LogP contribution < -0.4 is 15.5 Å². The van der Waals surface area contributed by atoms with Crippen LogP contribution in [0.4, 0.5) is 10.1 Å². The quantitative estimate of drug-likeness (QED) is 0.392. The highest BCUT2D eigenvalue weighted by Gasteiger charge is 2.19. The Morgan fingerprint density at radius 1 is 1.24 bits per heavy atom. The number of morpholine rings is 1. The lowest BCUT2D eigenvalue weighted by Crippen LogP contribution is -2.39. The molecule has 3 rings (SSSR count). The van der Waals surface area contributed by atoms with Gasteiger partial charge in [-0.25, -0.2) is 9.38 Å². The van der Waals surface area contributed by atoms with Crippen molar-refractivity contribution in [2.45, 2.75) is 32.7 Å². The SMILES string of the molecule is CCNC(=NCc1ccc(N2CCOCC2)c(F)c1)NCCCN1CCCC1=O. The summed E-state index contributed by atoms with van der Waals surface area (Å²) in [6.45, 7) is 8.25. The fourth-order valence-electron chi connectivity index (χ4n) is 3.64. The maximum atomic E-state index is 14.5. The van der Waals surface area contributed by atoms with Gasteiger partial charge in [0, 0.05) is 45.7 Å². The van der Waals surface area contributed by atoms with Crippen LogP contribution in [-0.4, -0.2) is 69.2 Å². The third kappa shape index (κ3) is 6.32. The van der Waals surface area contributed by atoms with Crippen molar-refractivity contribution in [2.75, 3.05) is 57.4 Å². The number of halogens is 1. The van der Waals surface area contributed by atoms with E-state index in [1.165, 1.54) is 0 Å². The fraction of sp³-hybridized carbons (Fsp3) is 0.619. The molecule has 8 heteroatoms. The summed E-state index contributed by atoms with van der Waals surface area (Å²) in [6, 6.07) is 5.33. The largest absolute Gasteiger partial charge is 0.378 e. The topological polar surface area (TPSA) is 69.2 Å². The van der Waals surface area contributed by atoms with E-state index >= 15 is 0 Å². The predicted molar refractivity (Wildman–Crippen MR) is 113 cm³/mol. The van der Waals surface area contributed by atoms with Crippen molar-refractivity contribution in [2.24, 2.45) is 4.99 Å². The van der Waals surface area contributed by atoms with Gasteiger partial charge in [0.2, 0.25) is 5.91 Å². The third-order valence-electron chi connectivity index (χ3n) is 5.20. The van der Waals surface area contributed by atoms with Crippen LogP contribution in [0.2, 0.25) is 0 Å². The number of hydrogen-bond donors (Lipinski definition) is 2. The summed E-state index contributed by atoms with van der Waals surface area (Å²) >= 11 is 0. The number of nitrogens with one attached hydrogen (secondary N) is 2. The molecule has 2 heterocycles. The number of amides is 1. The Hall–Kier alpha value is -2.35. The first-order valence-electron chi connectivity index (χ1n) is 10.6. The van der Waals surface area contributed by atoms with Crippen molar-refractivity contribution in [1.82, 2.24) is 15.5 Å². The number of likely N-dealkylation sites (tertiary alicyclic amines) is 1. The normalized spacial score (nSPS) is 17.7. The lowest BCUT2D eigenvalue weighted by Gasteiger charge is -2.29. The van der Waals surface area contributed by atoms with Crippen LogP contribution >= 0.6 is 0 Å². The lowest BCUT2D eigenvalue weighted by molar-refractivity contribution is -0.127. The molecule has 7 nitrogen and oxygen atoms in total. The zero-order chi connectivity index (χ0) is 20.5. The summed E-state index contributed by atoms with van der Waals surface area (Å²) in [5.74, 6) is 0.749. The second kappa shape index (κ2) is 11.0. The van der Waals surface area contributed by atoms with Gasteiger partial charge in [0.25, 0.3) is 0 Å². The van der Waals surface area contributed by atoms with Crippen molar-refractivity contribution in [3.63, 3.8) is 0 Å². The molecule has 0 aliphatic carbocycles. The summed E-state index contributed by atoms with van der Waals surface area (Å²) in [5.41, 5.74) is 1.46. The number of anilines is 1. The Kier molecular flexibility index (Phi) is 8.10. The van der Waals surface area contributed by atoms with Gasteiger partial charge in [0.05, 0.1) is 25.4 Å². The number of benzene rings is 1. The van der Waals surface area contributed by atoms with Gasteiger partial charge in [0.15, 0.2) is 5.96 Å². The van der Waals surface area contributed by atoms with Gasteiger partial charge in [0.1, 0.15) is 5.82 Å². The minimum atomic E-state index is -0.215. The molecular weight excluding hydrogens is 373 g/mol. The molecule has 0 atom stereocenters. The molecular formula is C21H32FN5O2. The average Bonchev–Trinajstić information content (AvgIpc) is 3.14. The second-order valence-corrected chi connectivity index (χ2v) is 7.35. The molecule has 0 unspecified atom stereocenters. The molecule has 0 radical (unpaired) electrons. The van der Waals surface area contributed by atoms with Crippen molar-refractivity contribution < 1.29 is 13.9 Å². The Balaban J connectivity index is 1.49. The van der Waals surface area contributed by atoms with E-state index in [2.05, 4.69) is 15.6 Å². The molecule has 2 aliphatic rings. The van der Waals surface area contributed by atoms with Gasteiger partial charge in [-0.3, -0.25) is 4.79 Å². The third-order valence-corrected chi connectivity index (χ3v) is 5.20. The van der Waals surface area contributed by atoms with Gasteiger partial charge in [-0.1, -0.05) is 6.07 Å². The number of ether oxygens (including phenoxy) is 1. The molecule has 1 amide bonds. The number of aliphatic imine (C=N–C) groups is 1. The van der Waals surface area contributed by atoms with Crippen LogP contribution in [0.15, 0.2) is 23.2 Å². The van der Waals surface area contributed by atoms with Gasteiger partial charge >= 0.3 is 0 Å². The number of carbonyl (C=O) groups excluding carboxylic acids is 1. The first-order valence-corrected chi connectivity index (χ1v) is 10.6. The summed E-state index contributed by atoms with van der Waals surface area (Å²) in [4.78, 5) is 20.1. The molecule has 2 N–H and O–H groups in total. The molecule has 0 aromatic heterocycles. The number of hydrogen-bond acceptors (Lipinski definition) is 4. The Morgan fingerprint density at radius 3 is 2.76 bits per heavy atom. The van der Waals surface area contributed by atoms with E-state index in [9.17, 15) is 9.18 Å². The highest BCUT2D eigenvalue weighted by atomic mass is 19.1. The van der Waals surface area contributed by atoms with E-state index in [0.29, 0.717) is 50.9 Å². The van der Waals surface area contributed by atoms with E-state index in [1.54, 1.807) is 6.07 Å². The van der Waals surface area contributed by atoms with Crippen molar-refractivity contribution in [3.05, 3.63) is 29.6 Å². The summed E-state index contributed by atoms with van der Waals surface area (Å²) in [5, 5.41) is 6.50. The van der Waals surface area contributed by atoms with E-state index in [-0.39, 0.29) is 11.7 Å². The van der Waals surface area contributed by atoms with Crippen molar-refractivity contribution in [3.8, 4) is 0 Å². The average molecular weight is 406 g/mol. The highest BCUT2D eigenvalue weighted by molar-refractivity contribution is 5.80. The minimum Gasteiger partial charge on any atom is -0.378 e. The Labute approximate surface area is 172 Å². The van der Waals surface area contributed by atoms with Crippen LogP contribution in [0.5, 0.6) is 0 Å². The maximum absolute atomic E-state index is 14.5. The van der Waals surface area contributed by atoms with Gasteiger partial charge in [-0.2, -0.15) is 0 Å². The number of carbonyl (C=O) groups is 1. The van der Waals surface area contributed by atoms with Gasteiger partial charge in [-0.15, -0.1) is 0 Å². The Bertz CT molecular complexity index is 706. The van der Waals surface area contributed by atoms with E-state index in [0.717, 1.165) is 44.6 Å². The van der Waals surface area contributed by atoms with Crippen LogP contribution in [0.1, 0.15) is 31.7 Å². The monoisotopic (exact) mass is 405 g/mol. The van der Waals surface area contributed by atoms with Gasteiger partial charge in [-0.05, 0) is 37.5 Å². The minimum absolute atomic E-state index is 0.215. The zero-order valence-electron chi connectivity index (χ0n) is 17.3. The van der Waals surface area contributed by atoms with Crippen molar-refractivity contribution in [1.29, 1.82) is 0 Å². The summed E-state index contributed by atoms with van der Waals surface area (Å²) in [7, 11) is 0. The van der Waals surface area contributed by atoms with Crippen LogP contribution in [0.3, 0.4) is 0 Å². The molecule has 2 fully saturated rings. The van der Waals surface area contributed by atoms with Crippen LogP contribution in [0.25, 0.3) is 0 Å². The lowest BCUT2D eigenvalue weighted by atomic mass is 10.1. The molecule has 0 saturated carbocycles. The molecule has 0 bridgehead atoms. The molecule has 0 spiro atoms. The van der Waals surface area contributed by atoms with E-state index < -0.39 is 0 Å². The predicted octanol–water partition coefficient (Wildman–Crippen LogP) is 1.73. The summed E-state index contributed by atoms with van der Waals surface area (Å²) in [6.07, 6.45) is 2.52. The van der Waals surface area contributed by atoms with Crippen molar-refractivity contribution >= 4 is 17.6 Å². The molecule has 160 valence electrons. The van der Waals surface area contributed by atoms with Crippen LogP contribution in [-0.2, 0) is 16.1 Å². The highest BCUT2D eigenvalue weighted by Crippen LogP contribution is 2.22. The number of rotatable bonds is 8. The fourth-order valence-corrected chi connectivity index (χ4v) is 3.64. The molecule has 2 aliphatic heterocycles. The molecule has 1 aromatic carbocycles. The van der Waals surface area contributed by atoms with E-state index in [4.69, 9.17) is 4.74 Å². The summed E-state index contributed by atoms with van der Waals surface area (Å²) < 4.78 is 19.9. The van der Waals surface area contributed by atoms with Crippen LogP contribution in [0, 0.1) is 5.82 Å². The smallest absolute Gasteiger partial charge is 0.222 e. The van der Waals surface area contributed by atoms with E-state index in [1.807, 2.05) is 28.9 Å².